The predicted octanol–water partition coefficient (Wildman–Crippen LogP) is -1.45. The Balaban J connectivity index is 2.06. The van der Waals surface area contributed by atoms with Crippen LogP contribution in [-0.2, 0) is 0 Å². The van der Waals surface area contributed by atoms with Crippen LogP contribution in [0.15, 0.2) is 0 Å². The first-order chi connectivity index (χ1) is 5.68. The Morgan fingerprint density at radius 2 is 1.92 bits per heavy atom. The van der Waals surface area contributed by atoms with Gasteiger partial charge in [-0.3, -0.25) is 4.90 Å². The van der Waals surface area contributed by atoms with Gasteiger partial charge in [0.15, 0.2) is 0 Å². The van der Waals surface area contributed by atoms with Gasteiger partial charge in [-0.05, 0) is 12.8 Å². The largest absolute Gasteiger partial charge is 0.392 e. The molecular weight excluding hydrogens is 158 g/mol. The zero-order valence-corrected chi connectivity index (χ0v) is 6.93. The maximum Gasteiger partial charge on any atom is 0.0955 e. The maximum atomic E-state index is 9.56. The van der Waals surface area contributed by atoms with Gasteiger partial charge < -0.3 is 15.3 Å². The number of hydrogen-bond donors (Lipinski definition) is 3. The minimum absolute atomic E-state index is 0.0243. The third-order valence-corrected chi connectivity index (χ3v) is 2.93. The second-order valence-corrected chi connectivity index (χ2v) is 3.80. The van der Waals surface area contributed by atoms with Gasteiger partial charge in [0.05, 0.1) is 18.3 Å². The van der Waals surface area contributed by atoms with Crippen molar-refractivity contribution < 1.29 is 15.3 Å². The molecule has 3 N–H and O–H groups in total. The van der Waals surface area contributed by atoms with E-state index in [-0.39, 0.29) is 12.1 Å². The Kier molecular flexibility index (Phi) is 2.08. The molecule has 0 amide bonds. The van der Waals surface area contributed by atoms with Crippen molar-refractivity contribution in [2.45, 2.75) is 37.2 Å². The van der Waals surface area contributed by atoms with Crippen LogP contribution in [0.2, 0.25) is 0 Å². The predicted molar refractivity (Wildman–Crippen MR) is 42.6 cm³/mol. The van der Waals surface area contributed by atoms with Crippen molar-refractivity contribution >= 4 is 0 Å². The monoisotopic (exact) mass is 173 g/mol. The molecule has 12 heavy (non-hydrogen) atoms. The van der Waals surface area contributed by atoms with E-state index in [0.29, 0.717) is 19.4 Å². The normalized spacial score (nSPS) is 49.2. The summed E-state index contributed by atoms with van der Waals surface area (Å²) in [5.74, 6) is 0. The highest BCUT2D eigenvalue weighted by atomic mass is 16.3. The summed E-state index contributed by atoms with van der Waals surface area (Å²) in [5, 5.41) is 28.2. The molecule has 70 valence electrons. The first kappa shape index (κ1) is 8.44. The highest BCUT2D eigenvalue weighted by Gasteiger charge is 2.41. The fraction of sp³-hybridized carbons (Fsp3) is 1.00. The second kappa shape index (κ2) is 2.96. The number of aliphatic hydroxyl groups is 3. The number of aliphatic hydroxyl groups excluding tert-OH is 3. The molecule has 2 heterocycles. The Hall–Kier alpha value is -0.160. The highest BCUT2D eigenvalue weighted by molar-refractivity contribution is 4.96. The van der Waals surface area contributed by atoms with E-state index in [1.807, 2.05) is 0 Å². The van der Waals surface area contributed by atoms with Gasteiger partial charge in [-0.2, -0.15) is 0 Å². The third kappa shape index (κ3) is 1.25. The molecule has 0 spiro atoms. The third-order valence-electron chi connectivity index (χ3n) is 2.93. The molecule has 0 unspecified atom stereocenters. The first-order valence-electron chi connectivity index (χ1n) is 4.46. The molecule has 0 aliphatic carbocycles. The Morgan fingerprint density at radius 1 is 1.17 bits per heavy atom. The molecule has 4 heteroatoms. The lowest BCUT2D eigenvalue weighted by Crippen LogP contribution is -2.51. The van der Waals surface area contributed by atoms with Crippen molar-refractivity contribution in [1.82, 2.24) is 4.90 Å². The van der Waals surface area contributed by atoms with Crippen LogP contribution >= 0.6 is 0 Å². The fourth-order valence-corrected chi connectivity index (χ4v) is 2.25. The second-order valence-electron chi connectivity index (χ2n) is 3.80. The minimum atomic E-state index is -0.670. The summed E-state index contributed by atoms with van der Waals surface area (Å²) in [6.07, 6.45) is -0.384. The summed E-state index contributed by atoms with van der Waals surface area (Å²) in [5.41, 5.74) is 0. The summed E-state index contributed by atoms with van der Waals surface area (Å²) in [7, 11) is 0. The molecule has 4 atom stereocenters. The lowest BCUT2D eigenvalue weighted by atomic mass is 9.96. The van der Waals surface area contributed by atoms with E-state index in [2.05, 4.69) is 4.90 Å². The van der Waals surface area contributed by atoms with E-state index in [9.17, 15) is 15.3 Å². The molecule has 2 saturated heterocycles. The molecule has 0 radical (unpaired) electrons. The Bertz CT molecular complexity index is 174. The van der Waals surface area contributed by atoms with Gasteiger partial charge in [0.25, 0.3) is 0 Å². The molecule has 0 bridgehead atoms. The van der Waals surface area contributed by atoms with Crippen molar-refractivity contribution in [3.8, 4) is 0 Å². The molecule has 0 aromatic rings. The summed E-state index contributed by atoms with van der Waals surface area (Å²) in [6.45, 7) is 1.44. The van der Waals surface area contributed by atoms with Crippen molar-refractivity contribution in [1.29, 1.82) is 0 Å². The lowest BCUT2D eigenvalue weighted by Gasteiger charge is -2.36. The summed E-state index contributed by atoms with van der Waals surface area (Å²) >= 11 is 0. The van der Waals surface area contributed by atoms with Gasteiger partial charge in [0.2, 0.25) is 0 Å². The standard InChI is InChI=1S/C8H15NO3/c10-5-3-6-8(12)7(11)1-2-9(6)4-5/h5-8,10-12H,1-4H2/t5-,6+,7-,8+/m0/s1. The molecule has 2 aliphatic heterocycles. The van der Waals surface area contributed by atoms with E-state index in [1.54, 1.807) is 0 Å². The van der Waals surface area contributed by atoms with Crippen molar-refractivity contribution in [2.75, 3.05) is 13.1 Å². The van der Waals surface area contributed by atoms with Gasteiger partial charge in [-0.1, -0.05) is 0 Å². The van der Waals surface area contributed by atoms with Gasteiger partial charge in [0, 0.05) is 19.1 Å². The van der Waals surface area contributed by atoms with E-state index < -0.39 is 12.2 Å². The number of hydrogen-bond acceptors (Lipinski definition) is 4. The Labute approximate surface area is 71.4 Å². The molecule has 4 nitrogen and oxygen atoms in total. The van der Waals surface area contributed by atoms with Gasteiger partial charge in [0.1, 0.15) is 0 Å². The van der Waals surface area contributed by atoms with Crippen molar-refractivity contribution in [2.24, 2.45) is 0 Å². The zero-order chi connectivity index (χ0) is 8.72. The number of nitrogens with zero attached hydrogens (tertiary/aromatic N) is 1. The van der Waals surface area contributed by atoms with Crippen LogP contribution in [0, 0.1) is 0 Å². The summed E-state index contributed by atoms with van der Waals surface area (Å²) in [6, 6.07) is -0.0243. The number of fused-ring (bicyclic) bond motifs is 1. The maximum absolute atomic E-state index is 9.56. The quantitative estimate of drug-likeness (QED) is 0.419. The summed E-state index contributed by atoms with van der Waals surface area (Å²) in [4.78, 5) is 2.06. The molecular formula is C8H15NO3. The smallest absolute Gasteiger partial charge is 0.0955 e. The lowest BCUT2D eigenvalue weighted by molar-refractivity contribution is -0.0628. The fourth-order valence-electron chi connectivity index (χ4n) is 2.25. The van der Waals surface area contributed by atoms with Gasteiger partial charge in [-0.15, -0.1) is 0 Å². The van der Waals surface area contributed by atoms with E-state index >= 15 is 0 Å². The van der Waals surface area contributed by atoms with Crippen LogP contribution in [0.5, 0.6) is 0 Å². The Morgan fingerprint density at radius 3 is 2.67 bits per heavy atom. The molecule has 2 fully saturated rings. The first-order valence-corrected chi connectivity index (χ1v) is 4.46. The van der Waals surface area contributed by atoms with Crippen LogP contribution < -0.4 is 0 Å². The highest BCUT2D eigenvalue weighted by Crippen LogP contribution is 2.27. The van der Waals surface area contributed by atoms with Crippen LogP contribution in [0.4, 0.5) is 0 Å². The van der Waals surface area contributed by atoms with E-state index in [4.69, 9.17) is 0 Å². The van der Waals surface area contributed by atoms with Crippen LogP contribution in [-0.4, -0.2) is 57.7 Å². The average molecular weight is 173 g/mol. The van der Waals surface area contributed by atoms with Crippen LogP contribution in [0.1, 0.15) is 12.8 Å². The molecule has 2 rings (SSSR count). The number of piperidine rings is 1. The van der Waals surface area contributed by atoms with Crippen molar-refractivity contribution in [3.63, 3.8) is 0 Å². The van der Waals surface area contributed by atoms with E-state index in [1.165, 1.54) is 0 Å². The average Bonchev–Trinajstić information content (AvgIpc) is 2.39. The SMILES string of the molecule is O[C@H]1C[C@@H]2[C@@H](O)[C@@H](O)CCN2C1. The molecule has 2 aliphatic rings. The van der Waals surface area contributed by atoms with Crippen molar-refractivity contribution in [3.05, 3.63) is 0 Å². The molecule has 0 aromatic heterocycles. The topological polar surface area (TPSA) is 63.9 Å². The van der Waals surface area contributed by atoms with Gasteiger partial charge >= 0.3 is 0 Å². The molecule has 0 aromatic carbocycles. The van der Waals surface area contributed by atoms with Crippen LogP contribution in [0.25, 0.3) is 0 Å². The molecule has 0 saturated carbocycles. The minimum Gasteiger partial charge on any atom is -0.392 e. The summed E-state index contributed by atoms with van der Waals surface area (Å²) < 4.78 is 0. The zero-order valence-electron chi connectivity index (χ0n) is 6.93. The van der Waals surface area contributed by atoms with Crippen LogP contribution in [0.3, 0.4) is 0 Å². The van der Waals surface area contributed by atoms with Gasteiger partial charge in [-0.25, -0.2) is 0 Å². The number of rotatable bonds is 0. The van der Waals surface area contributed by atoms with E-state index in [0.717, 1.165) is 6.54 Å².